The minimum atomic E-state index is 0.841. The van der Waals surface area contributed by atoms with E-state index >= 15 is 0 Å². The lowest BCUT2D eigenvalue weighted by Crippen LogP contribution is -1.90. The maximum atomic E-state index is 4.23. The van der Waals surface area contributed by atoms with Crippen molar-refractivity contribution in [3.63, 3.8) is 0 Å². The number of nitrogens with one attached hydrogen (secondary N) is 1. The highest BCUT2D eigenvalue weighted by atomic mass is 32.1. The van der Waals surface area contributed by atoms with Crippen molar-refractivity contribution >= 4 is 18.3 Å². The second-order valence-electron chi connectivity index (χ2n) is 2.83. The summed E-state index contributed by atoms with van der Waals surface area (Å²) in [6, 6.07) is 6.51. The Balaban J connectivity index is 2.41. The first kappa shape index (κ1) is 7.04. The van der Waals surface area contributed by atoms with Crippen molar-refractivity contribution in [2.45, 2.75) is 12.2 Å². The van der Waals surface area contributed by atoms with Crippen LogP contribution in [0.1, 0.15) is 11.1 Å². The van der Waals surface area contributed by atoms with E-state index in [1.165, 1.54) is 16.8 Å². The highest BCUT2D eigenvalue weighted by Crippen LogP contribution is 2.23. The van der Waals surface area contributed by atoms with Crippen LogP contribution in [0.3, 0.4) is 0 Å². The highest BCUT2D eigenvalue weighted by molar-refractivity contribution is 7.79. The number of anilines is 1. The Morgan fingerprint density at radius 3 is 3.18 bits per heavy atom. The van der Waals surface area contributed by atoms with Crippen molar-refractivity contribution < 1.29 is 0 Å². The largest absolute Gasteiger partial charge is 0.384 e. The van der Waals surface area contributed by atoms with E-state index < -0.39 is 0 Å². The lowest BCUT2D eigenvalue weighted by molar-refractivity contribution is 1.10. The molecule has 11 heavy (non-hydrogen) atoms. The zero-order valence-corrected chi connectivity index (χ0v) is 7.20. The quantitative estimate of drug-likeness (QED) is 0.607. The molecule has 0 saturated carbocycles. The fraction of sp³-hybridized carbons (Fsp3) is 0.333. The van der Waals surface area contributed by atoms with Crippen LogP contribution in [0.4, 0.5) is 5.69 Å². The van der Waals surface area contributed by atoms with Gasteiger partial charge in [0.15, 0.2) is 0 Å². The van der Waals surface area contributed by atoms with Crippen LogP contribution < -0.4 is 5.32 Å². The Morgan fingerprint density at radius 1 is 1.45 bits per heavy atom. The summed E-state index contributed by atoms with van der Waals surface area (Å²) >= 11 is 4.23. The number of rotatable bonds is 1. The Morgan fingerprint density at radius 2 is 2.36 bits per heavy atom. The second-order valence-corrected chi connectivity index (χ2v) is 3.14. The second kappa shape index (κ2) is 2.78. The van der Waals surface area contributed by atoms with Gasteiger partial charge in [-0.2, -0.15) is 12.6 Å². The van der Waals surface area contributed by atoms with Crippen LogP contribution in [0.15, 0.2) is 18.2 Å². The van der Waals surface area contributed by atoms with Gasteiger partial charge in [-0.1, -0.05) is 12.1 Å². The van der Waals surface area contributed by atoms with Gasteiger partial charge in [-0.25, -0.2) is 0 Å². The van der Waals surface area contributed by atoms with E-state index in [0.717, 1.165) is 18.7 Å². The van der Waals surface area contributed by atoms with E-state index in [-0.39, 0.29) is 0 Å². The van der Waals surface area contributed by atoms with Crippen LogP contribution in [0, 0.1) is 0 Å². The molecule has 0 bridgehead atoms. The van der Waals surface area contributed by atoms with Gasteiger partial charge in [0, 0.05) is 18.0 Å². The van der Waals surface area contributed by atoms with Crippen molar-refractivity contribution in [3.05, 3.63) is 29.3 Å². The standard InChI is InChI=1S/C9H11NS/c11-6-7-1-2-9-8(5-7)3-4-10-9/h1-2,5,10-11H,3-4,6H2. The van der Waals surface area contributed by atoms with Crippen LogP contribution in [0.5, 0.6) is 0 Å². The van der Waals surface area contributed by atoms with Crippen molar-refractivity contribution in [1.82, 2.24) is 0 Å². The van der Waals surface area contributed by atoms with E-state index in [1.54, 1.807) is 0 Å². The molecule has 0 unspecified atom stereocenters. The van der Waals surface area contributed by atoms with E-state index in [9.17, 15) is 0 Å². The van der Waals surface area contributed by atoms with E-state index in [4.69, 9.17) is 0 Å². The number of benzene rings is 1. The van der Waals surface area contributed by atoms with Crippen LogP contribution in [0.2, 0.25) is 0 Å². The predicted molar refractivity (Wildman–Crippen MR) is 51.3 cm³/mol. The predicted octanol–water partition coefficient (Wildman–Crippen LogP) is 2.08. The van der Waals surface area contributed by atoms with Crippen LogP contribution >= 0.6 is 12.6 Å². The van der Waals surface area contributed by atoms with Crippen molar-refractivity contribution in [2.75, 3.05) is 11.9 Å². The van der Waals surface area contributed by atoms with E-state index in [1.807, 2.05) is 0 Å². The smallest absolute Gasteiger partial charge is 0.0373 e. The minimum Gasteiger partial charge on any atom is -0.384 e. The van der Waals surface area contributed by atoms with Gasteiger partial charge in [0.2, 0.25) is 0 Å². The first-order valence-corrected chi connectivity index (χ1v) is 4.50. The van der Waals surface area contributed by atoms with Crippen molar-refractivity contribution in [2.24, 2.45) is 0 Å². The zero-order valence-electron chi connectivity index (χ0n) is 6.30. The van der Waals surface area contributed by atoms with Gasteiger partial charge in [0.05, 0.1) is 0 Å². The first-order chi connectivity index (χ1) is 5.40. The summed E-state index contributed by atoms with van der Waals surface area (Å²) in [4.78, 5) is 0. The van der Waals surface area contributed by atoms with Crippen LogP contribution in [-0.2, 0) is 12.2 Å². The average molecular weight is 165 g/mol. The van der Waals surface area contributed by atoms with Gasteiger partial charge in [-0.3, -0.25) is 0 Å². The Kier molecular flexibility index (Phi) is 1.78. The molecule has 1 N–H and O–H groups in total. The molecular weight excluding hydrogens is 154 g/mol. The van der Waals surface area contributed by atoms with Crippen molar-refractivity contribution in [3.8, 4) is 0 Å². The fourth-order valence-electron chi connectivity index (χ4n) is 1.46. The molecule has 0 radical (unpaired) electrons. The summed E-state index contributed by atoms with van der Waals surface area (Å²) < 4.78 is 0. The Bertz CT molecular complexity index is 270. The van der Waals surface area contributed by atoms with E-state index in [2.05, 4.69) is 36.1 Å². The normalized spacial score (nSPS) is 14.3. The number of thiol groups is 1. The maximum absolute atomic E-state index is 4.23. The third-order valence-corrected chi connectivity index (χ3v) is 2.43. The van der Waals surface area contributed by atoms with E-state index in [0.29, 0.717) is 0 Å². The molecule has 1 aromatic rings. The zero-order chi connectivity index (χ0) is 7.68. The highest BCUT2D eigenvalue weighted by Gasteiger charge is 2.08. The topological polar surface area (TPSA) is 12.0 Å². The summed E-state index contributed by atoms with van der Waals surface area (Å²) in [5.41, 5.74) is 4.06. The molecule has 58 valence electrons. The molecule has 0 spiro atoms. The first-order valence-electron chi connectivity index (χ1n) is 3.86. The number of hydrogen-bond acceptors (Lipinski definition) is 2. The molecule has 1 aromatic carbocycles. The molecule has 2 heteroatoms. The molecular formula is C9H11NS. The van der Waals surface area contributed by atoms with Gasteiger partial charge in [-0.05, 0) is 23.6 Å². The SMILES string of the molecule is SCc1ccc2c(c1)CCN2. The molecule has 1 heterocycles. The lowest BCUT2D eigenvalue weighted by Gasteiger charge is -2.00. The third kappa shape index (κ3) is 1.23. The lowest BCUT2D eigenvalue weighted by atomic mass is 10.1. The molecule has 0 fully saturated rings. The minimum absolute atomic E-state index is 0.841. The molecule has 2 rings (SSSR count). The van der Waals surface area contributed by atoms with Gasteiger partial charge in [0.25, 0.3) is 0 Å². The average Bonchev–Trinajstić information content (AvgIpc) is 2.50. The Labute approximate surface area is 72.2 Å². The van der Waals surface area contributed by atoms with Crippen LogP contribution in [-0.4, -0.2) is 6.54 Å². The third-order valence-electron chi connectivity index (χ3n) is 2.06. The van der Waals surface area contributed by atoms with Gasteiger partial charge in [-0.15, -0.1) is 0 Å². The monoisotopic (exact) mass is 165 g/mol. The molecule has 0 saturated heterocycles. The number of fused-ring (bicyclic) bond motifs is 1. The molecule has 0 aromatic heterocycles. The molecule has 1 nitrogen and oxygen atoms in total. The number of hydrogen-bond donors (Lipinski definition) is 2. The van der Waals surface area contributed by atoms with Crippen molar-refractivity contribution in [1.29, 1.82) is 0 Å². The molecule has 1 aliphatic heterocycles. The summed E-state index contributed by atoms with van der Waals surface area (Å²) in [6.45, 7) is 1.09. The summed E-state index contributed by atoms with van der Waals surface area (Å²) in [5.74, 6) is 0.841. The summed E-state index contributed by atoms with van der Waals surface area (Å²) in [7, 11) is 0. The van der Waals surface area contributed by atoms with Gasteiger partial charge in [0.1, 0.15) is 0 Å². The molecule has 1 aliphatic rings. The van der Waals surface area contributed by atoms with Gasteiger partial charge < -0.3 is 5.32 Å². The van der Waals surface area contributed by atoms with Crippen LogP contribution in [0.25, 0.3) is 0 Å². The summed E-state index contributed by atoms with van der Waals surface area (Å²) in [5, 5.41) is 3.33. The summed E-state index contributed by atoms with van der Waals surface area (Å²) in [6.07, 6.45) is 1.16. The maximum Gasteiger partial charge on any atom is 0.0373 e. The fourth-order valence-corrected chi connectivity index (χ4v) is 1.65. The Hall–Kier alpha value is -0.630. The van der Waals surface area contributed by atoms with Gasteiger partial charge >= 0.3 is 0 Å². The molecule has 0 amide bonds. The molecule has 0 atom stereocenters. The molecule has 0 aliphatic carbocycles.